The molecule has 0 aliphatic rings. The smallest absolute Gasteiger partial charge is 0.276 e. The molecule has 1 heterocycles. The Labute approximate surface area is 192 Å². The van der Waals surface area contributed by atoms with Crippen LogP contribution in [0, 0.1) is 13.8 Å². The maximum atomic E-state index is 12.9. The Kier molecular flexibility index (Phi) is 7.29. The van der Waals surface area contributed by atoms with E-state index in [1.54, 1.807) is 32.0 Å². The Hall–Kier alpha value is -3.50. The van der Waals surface area contributed by atoms with E-state index >= 15 is 0 Å². The highest BCUT2D eigenvalue weighted by Gasteiger charge is 2.21. The first-order valence-corrected chi connectivity index (χ1v) is 11.6. The van der Waals surface area contributed by atoms with Crippen molar-refractivity contribution in [2.75, 3.05) is 26.0 Å². The average Bonchev–Trinajstić information content (AvgIpc) is 2.78. The highest BCUT2D eigenvalue weighted by atomic mass is 32.2. The van der Waals surface area contributed by atoms with Crippen LogP contribution in [0.4, 0.5) is 5.69 Å². The van der Waals surface area contributed by atoms with E-state index < -0.39 is 15.9 Å². The van der Waals surface area contributed by atoms with E-state index in [1.807, 2.05) is 18.2 Å². The molecule has 9 nitrogen and oxygen atoms in total. The van der Waals surface area contributed by atoms with E-state index in [-0.39, 0.29) is 29.3 Å². The van der Waals surface area contributed by atoms with Crippen molar-refractivity contribution >= 4 is 21.6 Å². The SMILES string of the molecule is Cc1cc(S(=O)(=O)N(C)C)cc(NC(=O)c2ccc(=O)n(CCOc3ccccc3)n2)c1C. The normalized spacial score (nSPS) is 11.4. The van der Waals surface area contributed by atoms with Gasteiger partial charge in [-0.25, -0.2) is 17.4 Å². The first-order chi connectivity index (χ1) is 15.6. The minimum Gasteiger partial charge on any atom is -0.492 e. The van der Waals surface area contributed by atoms with Gasteiger partial charge in [-0.3, -0.25) is 9.59 Å². The van der Waals surface area contributed by atoms with Crippen molar-refractivity contribution in [1.82, 2.24) is 14.1 Å². The van der Waals surface area contributed by atoms with Gasteiger partial charge in [0.15, 0.2) is 0 Å². The van der Waals surface area contributed by atoms with Gasteiger partial charge in [-0.15, -0.1) is 0 Å². The van der Waals surface area contributed by atoms with Gasteiger partial charge in [0, 0.05) is 25.8 Å². The average molecular weight is 471 g/mol. The quantitative estimate of drug-likeness (QED) is 0.541. The minimum atomic E-state index is -3.68. The van der Waals surface area contributed by atoms with Crippen LogP contribution in [0.3, 0.4) is 0 Å². The maximum absolute atomic E-state index is 12.9. The van der Waals surface area contributed by atoms with Crippen molar-refractivity contribution in [3.05, 3.63) is 81.8 Å². The predicted molar refractivity (Wildman–Crippen MR) is 125 cm³/mol. The number of benzene rings is 2. The number of amides is 1. The molecule has 1 N–H and O–H groups in total. The van der Waals surface area contributed by atoms with E-state index in [0.29, 0.717) is 17.0 Å². The fourth-order valence-electron chi connectivity index (χ4n) is 3.00. The topological polar surface area (TPSA) is 111 Å². The second kappa shape index (κ2) is 9.97. The molecular weight excluding hydrogens is 444 g/mol. The molecule has 2 aromatic carbocycles. The summed E-state index contributed by atoms with van der Waals surface area (Å²) in [5.74, 6) is 0.104. The molecule has 0 spiro atoms. The van der Waals surface area contributed by atoms with Crippen molar-refractivity contribution < 1.29 is 17.9 Å². The van der Waals surface area contributed by atoms with E-state index in [2.05, 4.69) is 10.4 Å². The molecule has 0 saturated heterocycles. The zero-order chi connectivity index (χ0) is 24.2. The van der Waals surface area contributed by atoms with E-state index in [0.717, 1.165) is 14.6 Å². The summed E-state index contributed by atoms with van der Waals surface area (Å²) in [6, 6.07) is 14.7. The molecule has 0 aliphatic carbocycles. The van der Waals surface area contributed by atoms with Crippen LogP contribution in [0.5, 0.6) is 5.75 Å². The molecule has 1 amide bonds. The summed E-state index contributed by atoms with van der Waals surface area (Å²) >= 11 is 0. The van der Waals surface area contributed by atoms with Gasteiger partial charge in [0.05, 0.1) is 11.4 Å². The zero-order valence-electron chi connectivity index (χ0n) is 18.9. The number of para-hydroxylation sites is 1. The summed E-state index contributed by atoms with van der Waals surface area (Å²) in [4.78, 5) is 25.1. The summed E-state index contributed by atoms with van der Waals surface area (Å²) < 4.78 is 32.9. The molecule has 0 radical (unpaired) electrons. The maximum Gasteiger partial charge on any atom is 0.276 e. The number of hydrogen-bond donors (Lipinski definition) is 1. The Morgan fingerprint density at radius 1 is 1.09 bits per heavy atom. The van der Waals surface area contributed by atoms with Gasteiger partial charge in [0.1, 0.15) is 18.1 Å². The predicted octanol–water partition coefficient (Wildman–Crippen LogP) is 2.44. The third kappa shape index (κ3) is 5.65. The fourth-order valence-corrected chi connectivity index (χ4v) is 4.01. The molecule has 0 bridgehead atoms. The molecule has 0 atom stereocenters. The van der Waals surface area contributed by atoms with Crippen molar-refractivity contribution in [2.24, 2.45) is 0 Å². The number of carbonyl (C=O) groups is 1. The number of nitrogens with zero attached hydrogens (tertiary/aromatic N) is 3. The van der Waals surface area contributed by atoms with Gasteiger partial charge >= 0.3 is 0 Å². The second-order valence-electron chi connectivity index (χ2n) is 7.60. The van der Waals surface area contributed by atoms with Gasteiger partial charge < -0.3 is 10.1 Å². The number of hydrogen-bond acceptors (Lipinski definition) is 6. The number of rotatable bonds is 8. The van der Waals surface area contributed by atoms with Gasteiger partial charge in [-0.2, -0.15) is 5.10 Å². The Morgan fingerprint density at radius 3 is 2.45 bits per heavy atom. The summed E-state index contributed by atoms with van der Waals surface area (Å²) in [7, 11) is -0.794. The van der Waals surface area contributed by atoms with Crippen molar-refractivity contribution in [2.45, 2.75) is 25.3 Å². The lowest BCUT2D eigenvalue weighted by molar-refractivity contribution is 0.101. The number of carbonyl (C=O) groups excluding carboxylic acids is 1. The lowest BCUT2D eigenvalue weighted by Crippen LogP contribution is -2.28. The van der Waals surface area contributed by atoms with Crippen LogP contribution < -0.4 is 15.6 Å². The number of sulfonamides is 1. The third-order valence-corrected chi connectivity index (χ3v) is 6.87. The van der Waals surface area contributed by atoms with Crippen LogP contribution in [0.1, 0.15) is 21.6 Å². The number of aryl methyl sites for hydroxylation is 1. The van der Waals surface area contributed by atoms with Crippen molar-refractivity contribution in [3.63, 3.8) is 0 Å². The van der Waals surface area contributed by atoms with Crippen molar-refractivity contribution in [3.8, 4) is 5.75 Å². The fraction of sp³-hybridized carbons (Fsp3) is 0.261. The number of nitrogens with one attached hydrogen (secondary N) is 1. The van der Waals surface area contributed by atoms with E-state index in [9.17, 15) is 18.0 Å². The molecular formula is C23H26N4O5S. The first-order valence-electron chi connectivity index (χ1n) is 10.2. The van der Waals surface area contributed by atoms with Gasteiger partial charge in [0.2, 0.25) is 10.0 Å². The monoisotopic (exact) mass is 470 g/mol. The molecule has 0 aliphatic heterocycles. The molecule has 3 rings (SSSR count). The molecule has 174 valence electrons. The number of anilines is 1. The van der Waals surface area contributed by atoms with Gasteiger partial charge in [-0.1, -0.05) is 18.2 Å². The number of aromatic nitrogens is 2. The Bertz CT molecular complexity index is 1320. The molecule has 0 unspecified atom stereocenters. The Balaban J connectivity index is 1.80. The van der Waals surface area contributed by atoms with Crippen LogP contribution in [0.2, 0.25) is 0 Å². The largest absolute Gasteiger partial charge is 0.492 e. The number of ether oxygens (including phenoxy) is 1. The van der Waals surface area contributed by atoms with Crippen LogP contribution in [0.15, 0.2) is 64.3 Å². The molecule has 1 aromatic heterocycles. The molecule has 0 fully saturated rings. The highest BCUT2D eigenvalue weighted by molar-refractivity contribution is 7.89. The zero-order valence-corrected chi connectivity index (χ0v) is 19.7. The molecule has 10 heteroatoms. The standard InChI is InChI=1S/C23H26N4O5S/c1-16-14-19(33(30,31)26(3)4)15-21(17(16)2)24-23(29)20-10-11-22(28)27(25-20)12-13-32-18-8-6-5-7-9-18/h5-11,14-15H,12-13H2,1-4H3,(H,24,29). The minimum absolute atomic E-state index is 0.0206. The highest BCUT2D eigenvalue weighted by Crippen LogP contribution is 2.25. The summed E-state index contributed by atoms with van der Waals surface area (Å²) in [5, 5.41) is 6.85. The second-order valence-corrected chi connectivity index (χ2v) is 9.75. The lowest BCUT2D eigenvalue weighted by Gasteiger charge is -2.16. The summed E-state index contributed by atoms with van der Waals surface area (Å²) in [6.07, 6.45) is 0. The summed E-state index contributed by atoms with van der Waals surface area (Å²) in [6.45, 7) is 3.91. The van der Waals surface area contributed by atoms with Crippen LogP contribution in [0.25, 0.3) is 0 Å². The lowest BCUT2D eigenvalue weighted by atomic mass is 10.1. The van der Waals surface area contributed by atoms with Crippen LogP contribution in [-0.4, -0.2) is 49.1 Å². The third-order valence-electron chi connectivity index (χ3n) is 5.08. The molecule has 3 aromatic rings. The summed E-state index contributed by atoms with van der Waals surface area (Å²) in [5.41, 5.74) is 1.45. The van der Waals surface area contributed by atoms with E-state index in [4.69, 9.17) is 4.74 Å². The van der Waals surface area contributed by atoms with Crippen LogP contribution in [-0.2, 0) is 16.6 Å². The Morgan fingerprint density at radius 2 is 1.79 bits per heavy atom. The first kappa shape index (κ1) is 24.1. The van der Waals surface area contributed by atoms with Crippen LogP contribution >= 0.6 is 0 Å². The van der Waals surface area contributed by atoms with Crippen molar-refractivity contribution in [1.29, 1.82) is 0 Å². The van der Waals surface area contributed by atoms with E-state index in [1.165, 1.54) is 32.3 Å². The van der Waals surface area contributed by atoms with Gasteiger partial charge in [-0.05, 0) is 55.3 Å². The van der Waals surface area contributed by atoms with Gasteiger partial charge in [0.25, 0.3) is 11.5 Å². The molecule has 33 heavy (non-hydrogen) atoms. The molecule has 0 saturated carbocycles.